The summed E-state index contributed by atoms with van der Waals surface area (Å²) in [6, 6.07) is 12.9. The molecule has 2 aliphatic rings. The van der Waals surface area contributed by atoms with Crippen LogP contribution in [0, 0.1) is 11.2 Å². The summed E-state index contributed by atoms with van der Waals surface area (Å²) in [7, 11) is -3.22. The van der Waals surface area contributed by atoms with Gasteiger partial charge in [-0.05, 0) is 42.0 Å². The number of ether oxygens (including phenoxy) is 1. The molecule has 0 bridgehead atoms. The molecule has 2 saturated heterocycles. The van der Waals surface area contributed by atoms with E-state index in [-0.39, 0.29) is 17.1 Å². The van der Waals surface area contributed by atoms with Crippen molar-refractivity contribution in [2.45, 2.75) is 24.0 Å². The lowest BCUT2D eigenvalue weighted by Gasteiger charge is -2.31. The molecule has 2 heterocycles. The Morgan fingerprint density at radius 3 is 2.22 bits per heavy atom. The van der Waals surface area contributed by atoms with Gasteiger partial charge in [-0.1, -0.05) is 12.1 Å². The Morgan fingerprint density at radius 2 is 1.68 bits per heavy atom. The van der Waals surface area contributed by atoms with E-state index in [1.165, 1.54) is 18.4 Å². The predicted molar refractivity (Wildman–Crippen MR) is 125 cm³/mol. The number of nitrogens with zero attached hydrogens (tertiary/aromatic N) is 2. The molecule has 1 atom stereocenters. The van der Waals surface area contributed by atoms with Crippen LogP contribution in [0.1, 0.15) is 12.0 Å². The zero-order chi connectivity index (χ0) is 27.4. The number of aliphatic carboxylic acids is 1. The molecule has 1 spiro atoms. The van der Waals surface area contributed by atoms with E-state index in [4.69, 9.17) is 14.6 Å². The number of hydrogen-bond acceptors (Lipinski definition) is 6. The Labute approximate surface area is 211 Å². The molecule has 0 aromatic heterocycles. The van der Waals surface area contributed by atoms with Crippen LogP contribution in [0.25, 0.3) is 0 Å². The number of rotatable bonds is 4. The van der Waals surface area contributed by atoms with Crippen LogP contribution in [0.5, 0.6) is 0 Å². The van der Waals surface area contributed by atoms with Gasteiger partial charge in [0, 0.05) is 50.0 Å². The molecule has 1 N–H and O–H groups in total. The highest BCUT2D eigenvalue weighted by atomic mass is 32.2. The number of hydrogen-bond donors (Lipinski definition) is 1. The number of carboxylic acid groups (broad SMARTS) is 1. The fraction of sp³-hybridized carbons (Fsp3) is 0.417. The molecular weight excluding hydrogens is 520 g/mol. The standard InChI is InChI=1S/C22H25FN2O4S.C2HF3O2/c1-30(27,28)20-8-2-17(3-9-20)13-24-10-11-29-16-22(14-24)12-21(26)25(15-22)19-6-4-18(23)5-7-19;3-2(4,5)1(6)7/h2-9H,10-16H2,1H3;(H,6,7). The number of carbonyl (C=O) groups is 2. The van der Waals surface area contributed by atoms with Crippen molar-refractivity contribution in [2.24, 2.45) is 5.41 Å². The topological polar surface area (TPSA) is 104 Å². The molecule has 4 rings (SSSR count). The van der Waals surface area contributed by atoms with E-state index in [1.54, 1.807) is 29.2 Å². The number of sulfone groups is 1. The first-order chi connectivity index (χ1) is 17.2. The third-order valence-corrected chi connectivity index (χ3v) is 7.11. The molecule has 8 nitrogen and oxygen atoms in total. The van der Waals surface area contributed by atoms with Crippen molar-refractivity contribution in [2.75, 3.05) is 44.0 Å². The Morgan fingerprint density at radius 1 is 1.08 bits per heavy atom. The number of amides is 1. The average Bonchev–Trinajstić information content (AvgIpc) is 2.99. The maximum Gasteiger partial charge on any atom is 0.490 e. The highest BCUT2D eigenvalue weighted by molar-refractivity contribution is 7.90. The van der Waals surface area contributed by atoms with E-state index in [9.17, 15) is 30.8 Å². The van der Waals surface area contributed by atoms with Crippen LogP contribution in [-0.2, 0) is 30.7 Å². The molecule has 1 amide bonds. The van der Waals surface area contributed by atoms with Gasteiger partial charge in [0.25, 0.3) is 0 Å². The summed E-state index contributed by atoms with van der Waals surface area (Å²) < 4.78 is 74.2. The second kappa shape index (κ2) is 11.2. The normalized spacial score (nSPS) is 20.9. The molecule has 0 aliphatic carbocycles. The van der Waals surface area contributed by atoms with Crippen molar-refractivity contribution in [3.63, 3.8) is 0 Å². The summed E-state index contributed by atoms with van der Waals surface area (Å²) in [4.78, 5) is 25.9. The largest absolute Gasteiger partial charge is 0.490 e. The summed E-state index contributed by atoms with van der Waals surface area (Å²) in [5.41, 5.74) is 1.39. The third-order valence-electron chi connectivity index (χ3n) is 5.98. The van der Waals surface area contributed by atoms with Crippen LogP contribution in [-0.4, -0.2) is 75.6 Å². The summed E-state index contributed by atoms with van der Waals surface area (Å²) in [5.74, 6) is -3.07. The van der Waals surface area contributed by atoms with Crippen LogP contribution < -0.4 is 4.90 Å². The van der Waals surface area contributed by atoms with Gasteiger partial charge in [0.1, 0.15) is 5.82 Å². The maximum absolute atomic E-state index is 13.3. The highest BCUT2D eigenvalue weighted by Crippen LogP contribution is 2.37. The zero-order valence-electron chi connectivity index (χ0n) is 19.9. The first kappa shape index (κ1) is 28.5. The van der Waals surface area contributed by atoms with Gasteiger partial charge in [0.2, 0.25) is 5.91 Å². The smallest absolute Gasteiger partial charge is 0.475 e. The fourth-order valence-corrected chi connectivity index (χ4v) is 4.90. The number of halogens is 4. The van der Waals surface area contributed by atoms with Gasteiger partial charge < -0.3 is 14.7 Å². The highest BCUT2D eigenvalue weighted by Gasteiger charge is 2.46. The van der Waals surface area contributed by atoms with Crippen LogP contribution in [0.3, 0.4) is 0 Å². The van der Waals surface area contributed by atoms with Crippen molar-refractivity contribution in [1.29, 1.82) is 0 Å². The van der Waals surface area contributed by atoms with Crippen molar-refractivity contribution < 1.29 is 45.4 Å². The van der Waals surface area contributed by atoms with E-state index in [2.05, 4.69) is 4.90 Å². The second-order valence-electron chi connectivity index (χ2n) is 9.12. The summed E-state index contributed by atoms with van der Waals surface area (Å²) in [6.45, 7) is 3.69. The van der Waals surface area contributed by atoms with Gasteiger partial charge in [-0.25, -0.2) is 17.6 Å². The van der Waals surface area contributed by atoms with Crippen molar-refractivity contribution >= 4 is 27.4 Å². The van der Waals surface area contributed by atoms with E-state index in [1.807, 2.05) is 12.1 Å². The quantitative estimate of drug-likeness (QED) is 0.588. The molecule has 2 fully saturated rings. The third kappa shape index (κ3) is 7.73. The molecule has 37 heavy (non-hydrogen) atoms. The fourth-order valence-electron chi connectivity index (χ4n) is 4.27. The second-order valence-corrected chi connectivity index (χ2v) is 11.1. The lowest BCUT2D eigenvalue weighted by Crippen LogP contribution is -2.40. The molecule has 13 heteroatoms. The van der Waals surface area contributed by atoms with Crippen LogP contribution >= 0.6 is 0 Å². The average molecular weight is 547 g/mol. The van der Waals surface area contributed by atoms with Crippen LogP contribution in [0.15, 0.2) is 53.4 Å². The SMILES string of the molecule is CS(=O)(=O)c1ccc(CN2CCOCC3(CC(=O)N(c4ccc(F)cc4)C3)C2)cc1.O=C(O)C(F)(F)F. The molecule has 0 saturated carbocycles. The minimum absolute atomic E-state index is 0.0181. The molecule has 1 unspecified atom stereocenters. The molecule has 2 aromatic rings. The van der Waals surface area contributed by atoms with Gasteiger partial charge in [-0.3, -0.25) is 9.69 Å². The van der Waals surface area contributed by atoms with Crippen molar-refractivity contribution in [3.05, 3.63) is 59.9 Å². The number of benzene rings is 2. The van der Waals surface area contributed by atoms with Gasteiger partial charge in [-0.2, -0.15) is 13.2 Å². The van der Waals surface area contributed by atoms with Gasteiger partial charge in [0.15, 0.2) is 9.84 Å². The maximum atomic E-state index is 13.3. The van der Waals surface area contributed by atoms with Crippen molar-refractivity contribution in [3.8, 4) is 0 Å². The van der Waals surface area contributed by atoms with Gasteiger partial charge in [-0.15, -0.1) is 0 Å². The molecular formula is C24H26F4N2O6S. The van der Waals surface area contributed by atoms with E-state index >= 15 is 0 Å². The predicted octanol–water partition coefficient (Wildman–Crippen LogP) is 3.12. The number of anilines is 1. The Kier molecular flexibility index (Phi) is 8.60. The number of carboxylic acids is 1. The monoisotopic (exact) mass is 546 g/mol. The van der Waals surface area contributed by atoms with Crippen LogP contribution in [0.2, 0.25) is 0 Å². The molecule has 2 aromatic carbocycles. The molecule has 2 aliphatic heterocycles. The Balaban J connectivity index is 0.000000479. The number of alkyl halides is 3. The first-order valence-electron chi connectivity index (χ1n) is 11.1. The van der Waals surface area contributed by atoms with Crippen molar-refractivity contribution in [1.82, 2.24) is 4.90 Å². The lowest BCUT2D eigenvalue weighted by atomic mass is 9.87. The molecule has 202 valence electrons. The van der Waals surface area contributed by atoms with E-state index in [0.717, 1.165) is 12.1 Å². The van der Waals surface area contributed by atoms with Crippen LogP contribution in [0.4, 0.5) is 23.2 Å². The van der Waals surface area contributed by atoms with Gasteiger partial charge >= 0.3 is 12.1 Å². The molecule has 0 radical (unpaired) electrons. The van der Waals surface area contributed by atoms with E-state index in [0.29, 0.717) is 49.9 Å². The zero-order valence-corrected chi connectivity index (χ0v) is 20.7. The Bertz CT molecular complexity index is 1220. The lowest BCUT2D eigenvalue weighted by molar-refractivity contribution is -0.192. The minimum Gasteiger partial charge on any atom is -0.475 e. The first-order valence-corrected chi connectivity index (χ1v) is 13.0. The summed E-state index contributed by atoms with van der Waals surface area (Å²) >= 11 is 0. The minimum atomic E-state index is -5.08. The number of carbonyl (C=O) groups excluding carboxylic acids is 1. The van der Waals surface area contributed by atoms with Gasteiger partial charge in [0.05, 0.1) is 18.1 Å². The summed E-state index contributed by atoms with van der Waals surface area (Å²) in [5, 5.41) is 7.12. The van der Waals surface area contributed by atoms with E-state index < -0.39 is 22.0 Å². The summed E-state index contributed by atoms with van der Waals surface area (Å²) in [6.07, 6.45) is -3.50. The Hall–Kier alpha value is -3.03.